The first kappa shape index (κ1) is 17.7. The number of halogens is 1. The normalized spacial score (nSPS) is 11.2. The standard InChI is InChI=1S/C19H22FN3O/c1-4-23(5-2)18-12-8-16(9-13-18)19(24)22-21-14(3)15-6-10-17(20)11-7-15/h6-13H,4-5H2,1-3H3,(H,22,24)/b21-14-. The van der Waals surface area contributed by atoms with Gasteiger partial charge < -0.3 is 4.90 Å². The average molecular weight is 327 g/mol. The van der Waals surface area contributed by atoms with Crippen LogP contribution >= 0.6 is 0 Å². The molecule has 0 saturated heterocycles. The molecule has 1 N–H and O–H groups in total. The van der Waals surface area contributed by atoms with Crippen molar-refractivity contribution in [1.82, 2.24) is 5.43 Å². The zero-order chi connectivity index (χ0) is 17.5. The molecule has 0 bridgehead atoms. The Morgan fingerprint density at radius 2 is 1.54 bits per heavy atom. The molecule has 5 heteroatoms. The van der Waals surface area contributed by atoms with Crippen molar-refractivity contribution in [3.63, 3.8) is 0 Å². The highest BCUT2D eigenvalue weighted by molar-refractivity contribution is 6.00. The van der Waals surface area contributed by atoms with Crippen LogP contribution in [0.1, 0.15) is 36.7 Å². The number of hydrazone groups is 1. The van der Waals surface area contributed by atoms with Gasteiger partial charge in [0.25, 0.3) is 5.91 Å². The largest absolute Gasteiger partial charge is 0.372 e. The summed E-state index contributed by atoms with van der Waals surface area (Å²) in [6.07, 6.45) is 0. The quantitative estimate of drug-likeness (QED) is 0.647. The van der Waals surface area contributed by atoms with Crippen LogP contribution in [0.15, 0.2) is 53.6 Å². The molecule has 24 heavy (non-hydrogen) atoms. The van der Waals surface area contributed by atoms with Crippen molar-refractivity contribution in [3.05, 3.63) is 65.5 Å². The fourth-order valence-electron chi connectivity index (χ4n) is 2.37. The van der Waals surface area contributed by atoms with E-state index in [9.17, 15) is 9.18 Å². The Balaban J connectivity index is 2.04. The third-order valence-corrected chi connectivity index (χ3v) is 3.85. The smallest absolute Gasteiger partial charge is 0.271 e. The van der Waals surface area contributed by atoms with Gasteiger partial charge in [-0.2, -0.15) is 5.10 Å². The van der Waals surface area contributed by atoms with Crippen molar-refractivity contribution >= 4 is 17.3 Å². The summed E-state index contributed by atoms with van der Waals surface area (Å²) in [6.45, 7) is 7.79. The van der Waals surface area contributed by atoms with Crippen molar-refractivity contribution in [1.29, 1.82) is 0 Å². The molecule has 0 radical (unpaired) electrons. The molecule has 2 rings (SSSR count). The lowest BCUT2D eigenvalue weighted by molar-refractivity contribution is 0.0955. The van der Waals surface area contributed by atoms with Gasteiger partial charge in [-0.25, -0.2) is 9.82 Å². The number of carbonyl (C=O) groups is 1. The van der Waals surface area contributed by atoms with Gasteiger partial charge in [0.15, 0.2) is 0 Å². The number of amides is 1. The molecule has 0 unspecified atom stereocenters. The molecule has 4 nitrogen and oxygen atoms in total. The minimum Gasteiger partial charge on any atom is -0.372 e. The lowest BCUT2D eigenvalue weighted by atomic mass is 10.1. The van der Waals surface area contributed by atoms with Crippen molar-refractivity contribution in [2.24, 2.45) is 5.10 Å². The van der Waals surface area contributed by atoms with Crippen LogP contribution < -0.4 is 10.3 Å². The molecule has 2 aromatic rings. The molecule has 0 saturated carbocycles. The Bertz CT molecular complexity index is 704. The van der Waals surface area contributed by atoms with Crippen molar-refractivity contribution in [3.8, 4) is 0 Å². The molecule has 0 aromatic heterocycles. The molecule has 0 atom stereocenters. The predicted octanol–water partition coefficient (Wildman–Crippen LogP) is 3.83. The molecule has 1 amide bonds. The Morgan fingerprint density at radius 3 is 2.08 bits per heavy atom. The van der Waals surface area contributed by atoms with E-state index < -0.39 is 0 Å². The summed E-state index contributed by atoms with van der Waals surface area (Å²) in [7, 11) is 0. The van der Waals surface area contributed by atoms with E-state index in [1.54, 1.807) is 31.2 Å². The maximum absolute atomic E-state index is 12.9. The van der Waals surface area contributed by atoms with Crippen molar-refractivity contribution < 1.29 is 9.18 Å². The van der Waals surface area contributed by atoms with Crippen LogP contribution in [0.2, 0.25) is 0 Å². The Labute approximate surface area is 142 Å². The number of nitrogens with one attached hydrogen (secondary N) is 1. The molecule has 0 spiro atoms. The molecule has 0 aliphatic rings. The number of anilines is 1. The van der Waals surface area contributed by atoms with Crippen LogP contribution in [0, 0.1) is 5.82 Å². The van der Waals surface area contributed by atoms with Crippen LogP contribution in [-0.4, -0.2) is 24.7 Å². The second-order valence-corrected chi connectivity index (χ2v) is 5.36. The predicted molar refractivity (Wildman–Crippen MR) is 96.1 cm³/mol. The summed E-state index contributed by atoms with van der Waals surface area (Å²) in [4.78, 5) is 14.4. The van der Waals surface area contributed by atoms with Crippen LogP contribution in [0.25, 0.3) is 0 Å². The SMILES string of the molecule is CCN(CC)c1ccc(C(=O)N/N=C(/C)c2ccc(F)cc2)cc1. The summed E-state index contributed by atoms with van der Waals surface area (Å²) in [5.74, 6) is -0.577. The molecule has 0 heterocycles. The zero-order valence-corrected chi connectivity index (χ0v) is 14.2. The van der Waals surface area contributed by atoms with Gasteiger partial charge >= 0.3 is 0 Å². The van der Waals surface area contributed by atoms with Gasteiger partial charge in [0.1, 0.15) is 5.82 Å². The maximum Gasteiger partial charge on any atom is 0.271 e. The lowest BCUT2D eigenvalue weighted by Gasteiger charge is -2.20. The summed E-state index contributed by atoms with van der Waals surface area (Å²) >= 11 is 0. The first-order chi connectivity index (χ1) is 11.5. The van der Waals surface area contributed by atoms with Gasteiger partial charge in [0, 0.05) is 24.3 Å². The van der Waals surface area contributed by atoms with E-state index in [2.05, 4.69) is 29.3 Å². The lowest BCUT2D eigenvalue weighted by Crippen LogP contribution is -2.22. The minimum atomic E-state index is -0.302. The van der Waals surface area contributed by atoms with Gasteiger partial charge in [-0.15, -0.1) is 0 Å². The summed E-state index contributed by atoms with van der Waals surface area (Å²) < 4.78 is 12.9. The van der Waals surface area contributed by atoms with Gasteiger partial charge in [-0.1, -0.05) is 12.1 Å². The Hall–Kier alpha value is -2.69. The van der Waals surface area contributed by atoms with Crippen LogP contribution in [0.4, 0.5) is 10.1 Å². The average Bonchev–Trinajstić information content (AvgIpc) is 2.61. The fraction of sp³-hybridized carbons (Fsp3) is 0.263. The van der Waals surface area contributed by atoms with E-state index in [0.29, 0.717) is 11.3 Å². The highest BCUT2D eigenvalue weighted by atomic mass is 19.1. The van der Waals surface area contributed by atoms with Gasteiger partial charge in [0.2, 0.25) is 0 Å². The summed E-state index contributed by atoms with van der Waals surface area (Å²) in [6, 6.07) is 13.4. The topological polar surface area (TPSA) is 44.7 Å². The van der Waals surface area contributed by atoms with E-state index in [1.165, 1.54) is 12.1 Å². The fourth-order valence-corrected chi connectivity index (χ4v) is 2.37. The highest BCUT2D eigenvalue weighted by Crippen LogP contribution is 2.15. The Kier molecular flexibility index (Phi) is 6.07. The number of rotatable bonds is 6. The molecule has 0 aliphatic heterocycles. The third-order valence-electron chi connectivity index (χ3n) is 3.85. The van der Waals surface area contributed by atoms with Gasteiger partial charge in [-0.05, 0) is 62.7 Å². The van der Waals surface area contributed by atoms with Gasteiger partial charge in [-0.3, -0.25) is 4.79 Å². The Morgan fingerprint density at radius 1 is 1.00 bits per heavy atom. The molecule has 2 aromatic carbocycles. The highest BCUT2D eigenvalue weighted by Gasteiger charge is 2.07. The molecule has 126 valence electrons. The number of nitrogens with zero attached hydrogens (tertiary/aromatic N) is 2. The van der Waals surface area contributed by atoms with Crippen molar-refractivity contribution in [2.75, 3.05) is 18.0 Å². The van der Waals surface area contributed by atoms with Crippen LogP contribution in [-0.2, 0) is 0 Å². The number of carbonyl (C=O) groups excluding carboxylic acids is 1. The monoisotopic (exact) mass is 327 g/mol. The number of hydrogen-bond acceptors (Lipinski definition) is 3. The zero-order valence-electron chi connectivity index (χ0n) is 14.2. The van der Waals surface area contributed by atoms with E-state index >= 15 is 0 Å². The molecule has 0 aliphatic carbocycles. The molecule has 0 fully saturated rings. The van der Waals surface area contributed by atoms with Gasteiger partial charge in [0.05, 0.1) is 5.71 Å². The first-order valence-electron chi connectivity index (χ1n) is 8.00. The number of hydrogen-bond donors (Lipinski definition) is 1. The van der Waals surface area contributed by atoms with E-state index in [1.807, 2.05) is 12.1 Å². The van der Waals surface area contributed by atoms with Crippen LogP contribution in [0.3, 0.4) is 0 Å². The van der Waals surface area contributed by atoms with Crippen molar-refractivity contribution in [2.45, 2.75) is 20.8 Å². The second-order valence-electron chi connectivity index (χ2n) is 5.36. The first-order valence-corrected chi connectivity index (χ1v) is 8.00. The van der Waals surface area contributed by atoms with E-state index in [0.717, 1.165) is 24.3 Å². The number of benzene rings is 2. The van der Waals surface area contributed by atoms with E-state index in [-0.39, 0.29) is 11.7 Å². The third kappa shape index (κ3) is 4.41. The van der Waals surface area contributed by atoms with E-state index in [4.69, 9.17) is 0 Å². The molecular formula is C19H22FN3O. The second kappa shape index (κ2) is 8.24. The van der Waals surface area contributed by atoms with Crippen LogP contribution in [0.5, 0.6) is 0 Å². The molecular weight excluding hydrogens is 305 g/mol. The summed E-state index contributed by atoms with van der Waals surface area (Å²) in [5, 5.41) is 4.07. The summed E-state index contributed by atoms with van der Waals surface area (Å²) in [5.41, 5.74) is 5.53. The minimum absolute atomic E-state index is 0.275. The maximum atomic E-state index is 12.9.